The monoisotopic (exact) mass is 350 g/mol. The summed E-state index contributed by atoms with van der Waals surface area (Å²) in [6, 6.07) is 15.6. The van der Waals surface area contributed by atoms with Crippen LogP contribution < -0.4 is 14.8 Å². The van der Waals surface area contributed by atoms with E-state index in [1.54, 1.807) is 7.11 Å². The van der Waals surface area contributed by atoms with E-state index in [1.807, 2.05) is 48.5 Å². The van der Waals surface area contributed by atoms with Crippen LogP contribution in [0.15, 0.2) is 48.5 Å². The van der Waals surface area contributed by atoms with Crippen molar-refractivity contribution in [2.75, 3.05) is 7.11 Å². The van der Waals surface area contributed by atoms with Gasteiger partial charge in [-0.25, -0.2) is 0 Å². The van der Waals surface area contributed by atoms with Crippen molar-refractivity contribution in [3.05, 3.63) is 59.8 Å². The molecule has 0 saturated carbocycles. The molecule has 0 bridgehead atoms. The summed E-state index contributed by atoms with van der Waals surface area (Å²) >= 11 is 0. The van der Waals surface area contributed by atoms with Gasteiger partial charge in [-0.15, -0.1) is 0 Å². The second-order valence-corrected chi connectivity index (χ2v) is 6.51. The summed E-state index contributed by atoms with van der Waals surface area (Å²) in [5.41, 5.74) is 2.72. The molecule has 4 rings (SSSR count). The Hall–Kier alpha value is -2.95. The van der Waals surface area contributed by atoms with Gasteiger partial charge in [-0.05, 0) is 36.2 Å². The molecule has 0 saturated heterocycles. The Kier molecular flexibility index (Phi) is 4.29. The molecule has 5 nitrogen and oxygen atoms in total. The highest BCUT2D eigenvalue weighted by atomic mass is 16.5. The third kappa shape index (κ3) is 2.90. The standard InChI is InChI=1S/C21H22N2O3/c1-3-16-13-23-18(11-15-5-4-6-19(26-16)20(15)23)21(24)22-12-14-7-9-17(25-2)10-8-14/h4-11,16H,3,12-13H2,1-2H3,(H,22,24)/t16-/m0/s1. The van der Waals surface area contributed by atoms with Gasteiger partial charge in [0.05, 0.1) is 19.2 Å². The number of methoxy groups -OCH3 is 1. The molecule has 1 aliphatic heterocycles. The van der Waals surface area contributed by atoms with Crippen molar-refractivity contribution < 1.29 is 14.3 Å². The fraction of sp³-hybridized carbons (Fsp3) is 0.286. The van der Waals surface area contributed by atoms with Crippen LogP contribution in [0.5, 0.6) is 11.5 Å². The van der Waals surface area contributed by atoms with E-state index in [4.69, 9.17) is 9.47 Å². The van der Waals surface area contributed by atoms with E-state index < -0.39 is 0 Å². The Bertz CT molecular complexity index is 944. The lowest BCUT2D eigenvalue weighted by molar-refractivity contribution is 0.0935. The SMILES string of the molecule is CC[C@H]1Cn2c(C(=O)NCc3ccc(OC)cc3)cc3cccc(c32)O1. The van der Waals surface area contributed by atoms with Gasteiger partial charge < -0.3 is 19.4 Å². The maximum absolute atomic E-state index is 12.8. The topological polar surface area (TPSA) is 52.5 Å². The number of hydrogen-bond donors (Lipinski definition) is 1. The van der Waals surface area contributed by atoms with Crippen molar-refractivity contribution in [3.8, 4) is 11.5 Å². The first-order valence-corrected chi connectivity index (χ1v) is 8.89. The molecule has 26 heavy (non-hydrogen) atoms. The summed E-state index contributed by atoms with van der Waals surface area (Å²) in [5, 5.41) is 4.06. The van der Waals surface area contributed by atoms with Crippen LogP contribution in [-0.4, -0.2) is 23.7 Å². The molecule has 1 atom stereocenters. The largest absolute Gasteiger partial charge is 0.497 e. The van der Waals surface area contributed by atoms with Gasteiger partial charge in [-0.1, -0.05) is 31.2 Å². The number of carbonyl (C=O) groups excluding carboxylic acids is 1. The second-order valence-electron chi connectivity index (χ2n) is 6.51. The molecule has 2 aromatic carbocycles. The number of aromatic nitrogens is 1. The van der Waals surface area contributed by atoms with Gasteiger partial charge >= 0.3 is 0 Å². The zero-order chi connectivity index (χ0) is 18.1. The summed E-state index contributed by atoms with van der Waals surface area (Å²) in [6.45, 7) is 3.27. The lowest BCUT2D eigenvalue weighted by Gasteiger charge is -2.26. The summed E-state index contributed by atoms with van der Waals surface area (Å²) in [4.78, 5) is 12.8. The minimum Gasteiger partial charge on any atom is -0.497 e. The minimum absolute atomic E-state index is 0.0697. The van der Waals surface area contributed by atoms with Gasteiger partial charge in [-0.3, -0.25) is 4.79 Å². The Morgan fingerprint density at radius 3 is 2.81 bits per heavy atom. The van der Waals surface area contributed by atoms with E-state index in [0.717, 1.165) is 34.4 Å². The zero-order valence-corrected chi connectivity index (χ0v) is 15.0. The van der Waals surface area contributed by atoms with Gasteiger partial charge in [0.2, 0.25) is 0 Å². The van der Waals surface area contributed by atoms with E-state index in [1.165, 1.54) is 0 Å². The molecule has 1 aliphatic rings. The average molecular weight is 350 g/mol. The lowest BCUT2D eigenvalue weighted by atomic mass is 10.2. The zero-order valence-electron chi connectivity index (χ0n) is 15.0. The Labute approximate surface area is 152 Å². The van der Waals surface area contributed by atoms with Gasteiger partial charge in [0.15, 0.2) is 0 Å². The molecule has 2 heterocycles. The molecule has 5 heteroatoms. The maximum atomic E-state index is 12.8. The summed E-state index contributed by atoms with van der Waals surface area (Å²) in [6.07, 6.45) is 0.995. The van der Waals surface area contributed by atoms with E-state index >= 15 is 0 Å². The number of para-hydroxylation sites is 1. The Morgan fingerprint density at radius 1 is 1.27 bits per heavy atom. The number of ether oxygens (including phenoxy) is 2. The highest BCUT2D eigenvalue weighted by Crippen LogP contribution is 2.34. The van der Waals surface area contributed by atoms with Gasteiger partial charge in [0.1, 0.15) is 23.3 Å². The molecule has 0 aliphatic carbocycles. The van der Waals surface area contributed by atoms with Crippen molar-refractivity contribution in [2.24, 2.45) is 0 Å². The number of hydrogen-bond acceptors (Lipinski definition) is 3. The van der Waals surface area contributed by atoms with Crippen molar-refractivity contribution in [3.63, 3.8) is 0 Å². The van der Waals surface area contributed by atoms with Crippen molar-refractivity contribution in [1.29, 1.82) is 0 Å². The number of carbonyl (C=O) groups is 1. The number of amides is 1. The molecule has 1 N–H and O–H groups in total. The smallest absolute Gasteiger partial charge is 0.268 e. The van der Waals surface area contributed by atoms with Crippen molar-refractivity contribution >= 4 is 16.8 Å². The third-order valence-electron chi connectivity index (χ3n) is 4.86. The van der Waals surface area contributed by atoms with Crippen molar-refractivity contribution in [2.45, 2.75) is 32.5 Å². The molecule has 0 fully saturated rings. The molecule has 0 radical (unpaired) electrons. The normalized spacial score (nSPS) is 15.5. The quantitative estimate of drug-likeness (QED) is 0.762. The second kappa shape index (κ2) is 6.75. The fourth-order valence-electron chi connectivity index (χ4n) is 3.41. The molecular weight excluding hydrogens is 328 g/mol. The third-order valence-corrected chi connectivity index (χ3v) is 4.86. The molecule has 0 spiro atoms. The van der Waals surface area contributed by atoms with Crippen LogP contribution in [0.3, 0.4) is 0 Å². The van der Waals surface area contributed by atoms with Crippen LogP contribution in [0.2, 0.25) is 0 Å². The van der Waals surface area contributed by atoms with Gasteiger partial charge in [-0.2, -0.15) is 0 Å². The highest BCUT2D eigenvalue weighted by Gasteiger charge is 2.25. The van der Waals surface area contributed by atoms with Crippen molar-refractivity contribution in [1.82, 2.24) is 9.88 Å². The number of nitrogens with zero attached hydrogens (tertiary/aromatic N) is 1. The fourth-order valence-corrected chi connectivity index (χ4v) is 3.41. The van der Waals surface area contributed by atoms with E-state index in [0.29, 0.717) is 18.8 Å². The van der Waals surface area contributed by atoms with Gasteiger partial charge in [0.25, 0.3) is 5.91 Å². The van der Waals surface area contributed by atoms with Gasteiger partial charge in [0, 0.05) is 11.9 Å². The summed E-state index contributed by atoms with van der Waals surface area (Å²) in [5.74, 6) is 1.59. The van der Waals surface area contributed by atoms with Crippen LogP contribution in [0.1, 0.15) is 29.4 Å². The highest BCUT2D eigenvalue weighted by molar-refractivity contribution is 6.00. The van der Waals surface area contributed by atoms with Crippen LogP contribution in [-0.2, 0) is 13.1 Å². The molecular formula is C21H22N2O3. The predicted octanol–water partition coefficient (Wildman–Crippen LogP) is 3.75. The van der Waals surface area contributed by atoms with E-state index in [-0.39, 0.29) is 12.0 Å². The first kappa shape index (κ1) is 16.5. The summed E-state index contributed by atoms with van der Waals surface area (Å²) in [7, 11) is 1.64. The number of nitrogens with one attached hydrogen (secondary N) is 1. The minimum atomic E-state index is -0.0697. The Morgan fingerprint density at radius 2 is 2.08 bits per heavy atom. The molecule has 1 amide bonds. The molecule has 3 aromatic rings. The maximum Gasteiger partial charge on any atom is 0.268 e. The van der Waals surface area contributed by atoms with Crippen LogP contribution in [0.25, 0.3) is 10.9 Å². The van der Waals surface area contributed by atoms with Crippen LogP contribution in [0.4, 0.5) is 0 Å². The lowest BCUT2D eigenvalue weighted by Crippen LogP contribution is -2.31. The number of rotatable bonds is 5. The molecule has 0 unspecified atom stereocenters. The number of benzene rings is 2. The average Bonchev–Trinajstić information content (AvgIpc) is 3.06. The van der Waals surface area contributed by atoms with E-state index in [9.17, 15) is 4.79 Å². The van der Waals surface area contributed by atoms with E-state index in [2.05, 4.69) is 16.8 Å². The molecule has 1 aromatic heterocycles. The van der Waals surface area contributed by atoms with Crippen LogP contribution in [0, 0.1) is 0 Å². The first-order chi connectivity index (χ1) is 12.7. The van der Waals surface area contributed by atoms with Crippen LogP contribution >= 0.6 is 0 Å². The predicted molar refractivity (Wildman–Crippen MR) is 101 cm³/mol. The molecule has 134 valence electrons. The first-order valence-electron chi connectivity index (χ1n) is 8.89. The Balaban J connectivity index is 1.58. The summed E-state index contributed by atoms with van der Waals surface area (Å²) < 4.78 is 13.3.